The van der Waals surface area contributed by atoms with Crippen molar-refractivity contribution in [1.82, 2.24) is 0 Å². The van der Waals surface area contributed by atoms with Gasteiger partial charge in [-0.05, 0) is 42.7 Å². The third-order valence-corrected chi connectivity index (χ3v) is 4.25. The second-order valence-electron chi connectivity index (χ2n) is 6.01. The molecular formula is C19H18N2O4. The third kappa shape index (κ3) is 3.68. The highest BCUT2D eigenvalue weighted by atomic mass is 16.5. The van der Waals surface area contributed by atoms with Gasteiger partial charge in [0.05, 0.1) is 5.41 Å². The first-order valence-corrected chi connectivity index (χ1v) is 7.94. The van der Waals surface area contributed by atoms with E-state index in [0.29, 0.717) is 11.3 Å². The highest BCUT2D eigenvalue weighted by molar-refractivity contribution is 5.96. The van der Waals surface area contributed by atoms with Crippen molar-refractivity contribution in [1.29, 1.82) is 0 Å². The number of hydrogen-bond acceptors (Lipinski definition) is 4. The number of nitrogens with two attached hydrogens (primary N) is 1. The zero-order chi connectivity index (χ0) is 17.9. The van der Waals surface area contributed by atoms with Crippen LogP contribution in [0.15, 0.2) is 54.6 Å². The minimum atomic E-state index is -0.606. The summed E-state index contributed by atoms with van der Waals surface area (Å²) in [7, 11) is 0. The van der Waals surface area contributed by atoms with E-state index in [1.54, 1.807) is 12.1 Å². The SMILES string of the molecule is NC(=O)c1ccc(NC(=O)COC(=O)C2(c3ccccc3)CC2)cc1. The summed E-state index contributed by atoms with van der Waals surface area (Å²) in [6.07, 6.45) is 1.46. The lowest BCUT2D eigenvalue weighted by molar-refractivity contribution is -0.150. The summed E-state index contributed by atoms with van der Waals surface area (Å²) >= 11 is 0. The second kappa shape index (κ2) is 6.76. The maximum atomic E-state index is 12.4. The zero-order valence-electron chi connectivity index (χ0n) is 13.5. The van der Waals surface area contributed by atoms with Crippen molar-refractivity contribution < 1.29 is 19.1 Å². The Labute approximate surface area is 145 Å². The van der Waals surface area contributed by atoms with Gasteiger partial charge in [0.1, 0.15) is 0 Å². The average Bonchev–Trinajstić information content (AvgIpc) is 3.43. The van der Waals surface area contributed by atoms with E-state index in [1.807, 2.05) is 30.3 Å². The first-order chi connectivity index (χ1) is 12.0. The number of ether oxygens (including phenoxy) is 1. The summed E-state index contributed by atoms with van der Waals surface area (Å²) in [6.45, 7) is -0.356. The van der Waals surface area contributed by atoms with E-state index in [0.717, 1.165) is 18.4 Å². The van der Waals surface area contributed by atoms with Crippen LogP contribution in [0, 0.1) is 0 Å². The normalized spacial score (nSPS) is 14.4. The Morgan fingerprint density at radius 3 is 2.20 bits per heavy atom. The molecule has 2 aromatic rings. The van der Waals surface area contributed by atoms with Crippen LogP contribution in [0.5, 0.6) is 0 Å². The van der Waals surface area contributed by atoms with Crippen molar-refractivity contribution in [2.45, 2.75) is 18.3 Å². The number of carbonyl (C=O) groups excluding carboxylic acids is 3. The van der Waals surface area contributed by atoms with Crippen LogP contribution in [0.4, 0.5) is 5.69 Å². The van der Waals surface area contributed by atoms with Crippen LogP contribution in [0.25, 0.3) is 0 Å². The molecule has 0 radical (unpaired) electrons. The number of hydrogen-bond donors (Lipinski definition) is 2. The lowest BCUT2D eigenvalue weighted by Gasteiger charge is -2.14. The molecule has 0 aliphatic heterocycles. The van der Waals surface area contributed by atoms with Gasteiger partial charge in [-0.15, -0.1) is 0 Å². The molecule has 1 aliphatic rings. The van der Waals surface area contributed by atoms with E-state index >= 15 is 0 Å². The van der Waals surface area contributed by atoms with Gasteiger partial charge in [-0.1, -0.05) is 30.3 Å². The van der Waals surface area contributed by atoms with E-state index in [-0.39, 0.29) is 12.6 Å². The maximum Gasteiger partial charge on any atom is 0.317 e. The summed E-state index contributed by atoms with van der Waals surface area (Å²) in [5, 5.41) is 2.61. The zero-order valence-corrected chi connectivity index (χ0v) is 13.5. The van der Waals surface area contributed by atoms with Crippen LogP contribution in [-0.4, -0.2) is 24.4 Å². The molecule has 6 heteroatoms. The van der Waals surface area contributed by atoms with E-state index < -0.39 is 17.2 Å². The smallest absolute Gasteiger partial charge is 0.317 e. The van der Waals surface area contributed by atoms with Gasteiger partial charge in [0, 0.05) is 11.3 Å². The number of esters is 1. The minimum Gasteiger partial charge on any atom is -0.455 e. The molecule has 0 aromatic heterocycles. The van der Waals surface area contributed by atoms with Crippen LogP contribution in [0.1, 0.15) is 28.8 Å². The highest BCUT2D eigenvalue weighted by Gasteiger charge is 2.52. The molecule has 0 spiro atoms. The molecule has 3 rings (SSSR count). The number of carbonyl (C=O) groups is 3. The Bertz CT molecular complexity index is 796. The van der Waals surface area contributed by atoms with Gasteiger partial charge in [-0.2, -0.15) is 0 Å². The first kappa shape index (κ1) is 16.7. The third-order valence-electron chi connectivity index (χ3n) is 4.25. The number of anilines is 1. The molecule has 0 unspecified atom stereocenters. The molecular weight excluding hydrogens is 320 g/mol. The van der Waals surface area contributed by atoms with Crippen molar-refractivity contribution in [3.63, 3.8) is 0 Å². The molecule has 1 saturated carbocycles. The molecule has 128 valence electrons. The van der Waals surface area contributed by atoms with E-state index in [1.165, 1.54) is 12.1 Å². The molecule has 2 amide bonds. The molecule has 1 aliphatic carbocycles. The van der Waals surface area contributed by atoms with Crippen molar-refractivity contribution >= 4 is 23.5 Å². The summed E-state index contributed by atoms with van der Waals surface area (Å²) in [5.41, 5.74) is 6.31. The fourth-order valence-electron chi connectivity index (χ4n) is 2.68. The van der Waals surface area contributed by atoms with Crippen LogP contribution in [-0.2, 0) is 19.7 Å². The maximum absolute atomic E-state index is 12.4. The van der Waals surface area contributed by atoms with Gasteiger partial charge in [-0.3, -0.25) is 14.4 Å². The minimum absolute atomic E-state index is 0.350. The summed E-state index contributed by atoms with van der Waals surface area (Å²) in [6, 6.07) is 15.6. The molecule has 0 heterocycles. The predicted molar refractivity (Wildman–Crippen MR) is 91.9 cm³/mol. The summed E-state index contributed by atoms with van der Waals surface area (Å²) in [5.74, 6) is -1.36. The second-order valence-corrected chi connectivity index (χ2v) is 6.01. The monoisotopic (exact) mass is 338 g/mol. The molecule has 0 atom stereocenters. The van der Waals surface area contributed by atoms with Gasteiger partial charge >= 0.3 is 5.97 Å². The number of nitrogens with one attached hydrogen (secondary N) is 1. The molecule has 3 N–H and O–H groups in total. The van der Waals surface area contributed by atoms with Crippen LogP contribution in [0.2, 0.25) is 0 Å². The van der Waals surface area contributed by atoms with Crippen molar-refractivity contribution in [3.8, 4) is 0 Å². The Kier molecular flexibility index (Phi) is 4.52. The standard InChI is InChI=1S/C19H18N2O4/c20-17(23)13-6-8-15(9-7-13)21-16(22)12-25-18(24)19(10-11-19)14-4-2-1-3-5-14/h1-9H,10-12H2,(H2,20,23)(H,21,22). The molecule has 0 saturated heterocycles. The Morgan fingerprint density at radius 2 is 1.64 bits per heavy atom. The van der Waals surface area contributed by atoms with Crippen molar-refractivity contribution in [2.75, 3.05) is 11.9 Å². The van der Waals surface area contributed by atoms with E-state index in [9.17, 15) is 14.4 Å². The van der Waals surface area contributed by atoms with Gasteiger partial charge in [0.25, 0.3) is 5.91 Å². The number of benzene rings is 2. The quantitative estimate of drug-likeness (QED) is 0.787. The molecule has 25 heavy (non-hydrogen) atoms. The van der Waals surface area contributed by atoms with Crippen LogP contribution < -0.4 is 11.1 Å². The topological polar surface area (TPSA) is 98.5 Å². The van der Waals surface area contributed by atoms with E-state index in [2.05, 4.69) is 5.32 Å². The first-order valence-electron chi connectivity index (χ1n) is 7.94. The summed E-state index contributed by atoms with van der Waals surface area (Å²) in [4.78, 5) is 35.3. The van der Waals surface area contributed by atoms with Gasteiger partial charge < -0.3 is 15.8 Å². The fourth-order valence-corrected chi connectivity index (χ4v) is 2.68. The van der Waals surface area contributed by atoms with Crippen LogP contribution in [0.3, 0.4) is 0 Å². The lowest BCUT2D eigenvalue weighted by Crippen LogP contribution is -2.28. The largest absolute Gasteiger partial charge is 0.455 e. The van der Waals surface area contributed by atoms with Gasteiger partial charge in [0.15, 0.2) is 6.61 Å². The highest BCUT2D eigenvalue weighted by Crippen LogP contribution is 2.49. The van der Waals surface area contributed by atoms with E-state index in [4.69, 9.17) is 10.5 Å². The average molecular weight is 338 g/mol. The lowest BCUT2D eigenvalue weighted by atomic mass is 9.96. The van der Waals surface area contributed by atoms with Crippen molar-refractivity contribution in [2.24, 2.45) is 5.73 Å². The Hall–Kier alpha value is -3.15. The molecule has 1 fully saturated rings. The summed E-state index contributed by atoms with van der Waals surface area (Å²) < 4.78 is 5.19. The Morgan fingerprint density at radius 1 is 1.00 bits per heavy atom. The molecule has 6 nitrogen and oxygen atoms in total. The predicted octanol–water partition coefficient (Wildman–Crippen LogP) is 2.00. The van der Waals surface area contributed by atoms with Gasteiger partial charge in [-0.25, -0.2) is 0 Å². The fraction of sp³-hybridized carbons (Fsp3) is 0.211. The molecule has 2 aromatic carbocycles. The Balaban J connectivity index is 1.54. The molecule has 0 bridgehead atoms. The number of amides is 2. The van der Waals surface area contributed by atoms with Crippen LogP contribution >= 0.6 is 0 Å². The number of primary amides is 1. The number of rotatable bonds is 6. The van der Waals surface area contributed by atoms with Crippen molar-refractivity contribution in [3.05, 3.63) is 65.7 Å². The van der Waals surface area contributed by atoms with Gasteiger partial charge in [0.2, 0.25) is 5.91 Å².